The largest absolute Gasteiger partial charge is 0.367 e. The molecule has 1 unspecified atom stereocenters. The molecule has 0 saturated heterocycles. The summed E-state index contributed by atoms with van der Waals surface area (Å²) in [6.45, 7) is 3.96. The molecular formula is C11H16N4. The smallest absolute Gasteiger partial charge is 0.0560 e. The van der Waals surface area contributed by atoms with Gasteiger partial charge in [0.05, 0.1) is 6.54 Å². The van der Waals surface area contributed by atoms with Crippen molar-refractivity contribution in [3.8, 4) is 0 Å². The Morgan fingerprint density at radius 1 is 1.60 bits per heavy atom. The molecule has 0 fully saturated rings. The lowest BCUT2D eigenvalue weighted by Gasteiger charge is -2.12. The van der Waals surface area contributed by atoms with Crippen molar-refractivity contribution in [1.29, 1.82) is 0 Å². The van der Waals surface area contributed by atoms with Crippen LogP contribution in [-0.4, -0.2) is 20.8 Å². The molecule has 0 aromatic carbocycles. The fourth-order valence-electron chi connectivity index (χ4n) is 1.51. The van der Waals surface area contributed by atoms with Crippen LogP contribution in [0, 0.1) is 0 Å². The molecule has 80 valence electrons. The first-order chi connectivity index (χ1) is 7.34. The van der Waals surface area contributed by atoms with E-state index in [1.165, 1.54) is 5.56 Å². The topological polar surface area (TPSA) is 45.6 Å². The summed E-state index contributed by atoms with van der Waals surface area (Å²) in [7, 11) is 0. The monoisotopic (exact) mass is 204 g/mol. The van der Waals surface area contributed by atoms with E-state index in [4.69, 9.17) is 0 Å². The van der Waals surface area contributed by atoms with Crippen molar-refractivity contribution in [3.63, 3.8) is 0 Å². The van der Waals surface area contributed by atoms with Gasteiger partial charge in [0.1, 0.15) is 0 Å². The molecule has 2 aromatic rings. The van der Waals surface area contributed by atoms with E-state index in [0.29, 0.717) is 6.04 Å². The van der Waals surface area contributed by atoms with Crippen molar-refractivity contribution in [2.24, 2.45) is 0 Å². The Balaban J connectivity index is 1.76. The summed E-state index contributed by atoms with van der Waals surface area (Å²) in [5, 5.41) is 7.61. The van der Waals surface area contributed by atoms with Crippen LogP contribution in [0.1, 0.15) is 12.5 Å². The minimum absolute atomic E-state index is 0.416. The highest BCUT2D eigenvalue weighted by Gasteiger charge is 2.02. The number of nitrogens with zero attached hydrogens (tertiary/aromatic N) is 2. The summed E-state index contributed by atoms with van der Waals surface area (Å²) in [5.41, 5.74) is 1.28. The standard InChI is InChI=1S/C11H16N4/c1-10(9-15-6-2-4-14-15)13-8-11-3-5-12-7-11/h2-7,10,12-13H,8-9H2,1H3. The zero-order valence-electron chi connectivity index (χ0n) is 8.85. The highest BCUT2D eigenvalue weighted by molar-refractivity contribution is 5.07. The molecule has 2 N–H and O–H groups in total. The molecule has 1 atom stereocenters. The molecule has 4 nitrogen and oxygen atoms in total. The second-order valence-corrected chi connectivity index (χ2v) is 3.73. The van der Waals surface area contributed by atoms with E-state index < -0.39 is 0 Å². The predicted octanol–water partition coefficient (Wildman–Crippen LogP) is 1.39. The Labute approximate surface area is 89.3 Å². The lowest BCUT2D eigenvalue weighted by Crippen LogP contribution is -2.29. The third-order valence-corrected chi connectivity index (χ3v) is 2.34. The molecule has 4 heteroatoms. The van der Waals surface area contributed by atoms with E-state index in [9.17, 15) is 0 Å². The van der Waals surface area contributed by atoms with E-state index in [1.807, 2.05) is 29.3 Å². The van der Waals surface area contributed by atoms with Gasteiger partial charge in [-0.05, 0) is 24.6 Å². The second-order valence-electron chi connectivity index (χ2n) is 3.73. The quantitative estimate of drug-likeness (QED) is 0.773. The first-order valence-electron chi connectivity index (χ1n) is 5.17. The fourth-order valence-corrected chi connectivity index (χ4v) is 1.51. The number of hydrogen-bond donors (Lipinski definition) is 2. The van der Waals surface area contributed by atoms with Crippen LogP contribution in [0.25, 0.3) is 0 Å². The number of aromatic amines is 1. The Hall–Kier alpha value is -1.55. The van der Waals surface area contributed by atoms with Gasteiger partial charge in [-0.1, -0.05) is 0 Å². The van der Waals surface area contributed by atoms with Crippen LogP contribution in [0.2, 0.25) is 0 Å². The maximum absolute atomic E-state index is 4.17. The first kappa shape index (κ1) is 9.98. The minimum atomic E-state index is 0.416. The van der Waals surface area contributed by atoms with Gasteiger partial charge < -0.3 is 10.3 Å². The Morgan fingerprint density at radius 3 is 3.20 bits per heavy atom. The summed E-state index contributed by atoms with van der Waals surface area (Å²) in [6.07, 6.45) is 7.73. The average molecular weight is 204 g/mol. The molecule has 0 spiro atoms. The Kier molecular flexibility index (Phi) is 3.19. The van der Waals surface area contributed by atoms with E-state index >= 15 is 0 Å². The first-order valence-corrected chi connectivity index (χ1v) is 5.17. The molecule has 2 rings (SSSR count). The lowest BCUT2D eigenvalue weighted by atomic mass is 10.3. The third-order valence-electron chi connectivity index (χ3n) is 2.34. The number of rotatable bonds is 5. The Bertz CT molecular complexity index is 363. The lowest BCUT2D eigenvalue weighted by molar-refractivity contribution is 0.451. The molecule has 2 heterocycles. The van der Waals surface area contributed by atoms with E-state index in [0.717, 1.165) is 13.1 Å². The molecule has 0 radical (unpaired) electrons. The molecular weight excluding hydrogens is 188 g/mol. The second kappa shape index (κ2) is 4.79. The molecule has 0 aliphatic rings. The fraction of sp³-hybridized carbons (Fsp3) is 0.364. The van der Waals surface area contributed by atoms with Crippen molar-refractivity contribution in [1.82, 2.24) is 20.1 Å². The van der Waals surface area contributed by atoms with Crippen LogP contribution < -0.4 is 5.32 Å². The van der Waals surface area contributed by atoms with E-state index in [1.54, 1.807) is 6.20 Å². The van der Waals surface area contributed by atoms with E-state index in [-0.39, 0.29) is 0 Å². The van der Waals surface area contributed by atoms with Crippen LogP contribution in [0.4, 0.5) is 0 Å². The normalized spacial score (nSPS) is 12.9. The number of H-pyrrole nitrogens is 1. The van der Waals surface area contributed by atoms with Gasteiger partial charge in [0, 0.05) is 37.4 Å². The summed E-state index contributed by atoms with van der Waals surface area (Å²) in [5.74, 6) is 0. The number of hydrogen-bond acceptors (Lipinski definition) is 2. The van der Waals surface area contributed by atoms with Crippen molar-refractivity contribution >= 4 is 0 Å². The summed E-state index contributed by atoms with van der Waals surface area (Å²) >= 11 is 0. The van der Waals surface area contributed by atoms with Gasteiger partial charge in [-0.15, -0.1) is 0 Å². The van der Waals surface area contributed by atoms with Gasteiger partial charge >= 0.3 is 0 Å². The van der Waals surface area contributed by atoms with Gasteiger partial charge in [0.25, 0.3) is 0 Å². The van der Waals surface area contributed by atoms with Crippen molar-refractivity contribution in [2.45, 2.75) is 26.1 Å². The Morgan fingerprint density at radius 2 is 2.53 bits per heavy atom. The van der Waals surface area contributed by atoms with Gasteiger partial charge in [-0.2, -0.15) is 5.10 Å². The van der Waals surface area contributed by atoms with Crippen molar-refractivity contribution in [3.05, 3.63) is 42.5 Å². The zero-order chi connectivity index (χ0) is 10.5. The number of nitrogens with one attached hydrogen (secondary N) is 2. The van der Waals surface area contributed by atoms with Crippen molar-refractivity contribution in [2.75, 3.05) is 0 Å². The predicted molar refractivity (Wildman–Crippen MR) is 59.3 cm³/mol. The summed E-state index contributed by atoms with van der Waals surface area (Å²) in [4.78, 5) is 3.04. The van der Waals surface area contributed by atoms with Gasteiger partial charge in [-0.3, -0.25) is 4.68 Å². The molecule has 0 bridgehead atoms. The van der Waals surface area contributed by atoms with Gasteiger partial charge in [-0.25, -0.2) is 0 Å². The van der Waals surface area contributed by atoms with Gasteiger partial charge in [0.2, 0.25) is 0 Å². The van der Waals surface area contributed by atoms with Crippen LogP contribution in [0.15, 0.2) is 36.9 Å². The molecule has 0 amide bonds. The van der Waals surface area contributed by atoms with Crippen LogP contribution in [0.3, 0.4) is 0 Å². The van der Waals surface area contributed by atoms with Gasteiger partial charge in [0.15, 0.2) is 0 Å². The zero-order valence-corrected chi connectivity index (χ0v) is 8.85. The third kappa shape index (κ3) is 2.95. The SMILES string of the molecule is CC(Cn1cccn1)NCc1cc[nH]c1. The number of aromatic nitrogens is 3. The molecule has 0 saturated carbocycles. The molecule has 15 heavy (non-hydrogen) atoms. The summed E-state index contributed by atoms with van der Waals surface area (Å²) < 4.78 is 1.94. The van der Waals surface area contributed by atoms with E-state index in [2.05, 4.69) is 28.4 Å². The highest BCUT2D eigenvalue weighted by Crippen LogP contribution is 1.97. The average Bonchev–Trinajstić information content (AvgIpc) is 2.86. The van der Waals surface area contributed by atoms with Crippen LogP contribution in [0.5, 0.6) is 0 Å². The maximum atomic E-state index is 4.17. The molecule has 0 aliphatic heterocycles. The minimum Gasteiger partial charge on any atom is -0.367 e. The highest BCUT2D eigenvalue weighted by atomic mass is 15.3. The molecule has 0 aliphatic carbocycles. The molecule has 2 aromatic heterocycles. The van der Waals surface area contributed by atoms with Crippen LogP contribution in [-0.2, 0) is 13.1 Å². The summed E-state index contributed by atoms with van der Waals surface area (Å²) in [6, 6.07) is 4.44. The van der Waals surface area contributed by atoms with Crippen molar-refractivity contribution < 1.29 is 0 Å². The van der Waals surface area contributed by atoms with Crippen LogP contribution >= 0.6 is 0 Å². The maximum Gasteiger partial charge on any atom is 0.0560 e.